The largest absolute Gasteiger partial charge is 0.463 e. The SMILES string of the molecule is CCCCCC(=O)OCC(O)CNc1ccccc1. The summed E-state index contributed by atoms with van der Waals surface area (Å²) < 4.78 is 5.01. The van der Waals surface area contributed by atoms with Crippen LogP contribution in [0.1, 0.15) is 32.6 Å². The highest BCUT2D eigenvalue weighted by molar-refractivity contribution is 5.69. The van der Waals surface area contributed by atoms with Crippen LogP contribution in [-0.4, -0.2) is 30.3 Å². The number of anilines is 1. The lowest BCUT2D eigenvalue weighted by Crippen LogP contribution is -2.26. The van der Waals surface area contributed by atoms with E-state index in [9.17, 15) is 9.90 Å². The molecule has 106 valence electrons. The summed E-state index contributed by atoms with van der Waals surface area (Å²) in [6.07, 6.45) is 2.72. The molecule has 0 saturated heterocycles. The Morgan fingerprint density at radius 2 is 2.05 bits per heavy atom. The van der Waals surface area contributed by atoms with Gasteiger partial charge in [0.15, 0.2) is 0 Å². The first-order valence-corrected chi connectivity index (χ1v) is 6.85. The van der Waals surface area contributed by atoms with Gasteiger partial charge in [-0.15, -0.1) is 0 Å². The second kappa shape index (κ2) is 9.39. The van der Waals surface area contributed by atoms with Gasteiger partial charge in [-0.3, -0.25) is 4.79 Å². The Morgan fingerprint density at radius 3 is 2.74 bits per heavy atom. The number of ether oxygens (including phenoxy) is 1. The zero-order chi connectivity index (χ0) is 13.9. The van der Waals surface area contributed by atoms with Crippen LogP contribution in [0.4, 0.5) is 5.69 Å². The fourth-order valence-electron chi connectivity index (χ4n) is 1.63. The Morgan fingerprint density at radius 1 is 1.32 bits per heavy atom. The van der Waals surface area contributed by atoms with Crippen LogP contribution in [0.5, 0.6) is 0 Å². The average molecular weight is 265 g/mol. The number of nitrogens with one attached hydrogen (secondary N) is 1. The van der Waals surface area contributed by atoms with Crippen molar-refractivity contribution in [2.75, 3.05) is 18.5 Å². The van der Waals surface area contributed by atoms with Crippen LogP contribution in [0, 0.1) is 0 Å². The third-order valence-corrected chi connectivity index (χ3v) is 2.74. The van der Waals surface area contributed by atoms with Crippen LogP contribution >= 0.6 is 0 Å². The number of benzene rings is 1. The summed E-state index contributed by atoms with van der Waals surface area (Å²) in [5.74, 6) is -0.229. The summed E-state index contributed by atoms with van der Waals surface area (Å²) in [6, 6.07) is 9.61. The summed E-state index contributed by atoms with van der Waals surface area (Å²) in [6.45, 7) is 2.50. The zero-order valence-electron chi connectivity index (χ0n) is 11.5. The van der Waals surface area contributed by atoms with Crippen LogP contribution in [0.3, 0.4) is 0 Å². The van der Waals surface area contributed by atoms with Crippen LogP contribution in [0.15, 0.2) is 30.3 Å². The Balaban J connectivity index is 2.10. The highest BCUT2D eigenvalue weighted by atomic mass is 16.5. The molecule has 1 rings (SSSR count). The van der Waals surface area contributed by atoms with Gasteiger partial charge < -0.3 is 15.2 Å². The van der Waals surface area contributed by atoms with Gasteiger partial charge >= 0.3 is 5.97 Å². The van der Waals surface area contributed by atoms with Gasteiger partial charge in [-0.1, -0.05) is 38.0 Å². The van der Waals surface area contributed by atoms with Crippen molar-refractivity contribution < 1.29 is 14.6 Å². The lowest BCUT2D eigenvalue weighted by molar-refractivity contribution is -0.146. The second-order valence-electron chi connectivity index (χ2n) is 4.54. The lowest BCUT2D eigenvalue weighted by Gasteiger charge is -2.13. The van der Waals surface area contributed by atoms with E-state index in [-0.39, 0.29) is 12.6 Å². The van der Waals surface area contributed by atoms with Crippen LogP contribution in [-0.2, 0) is 9.53 Å². The van der Waals surface area contributed by atoms with Crippen molar-refractivity contribution >= 4 is 11.7 Å². The summed E-state index contributed by atoms with van der Waals surface area (Å²) >= 11 is 0. The molecule has 1 unspecified atom stereocenters. The Kier molecular flexibility index (Phi) is 7.66. The number of unbranched alkanes of at least 4 members (excludes halogenated alkanes) is 2. The van der Waals surface area contributed by atoms with E-state index in [0.717, 1.165) is 24.9 Å². The molecule has 0 aliphatic rings. The number of aliphatic hydroxyl groups excluding tert-OH is 1. The van der Waals surface area contributed by atoms with Gasteiger partial charge in [0, 0.05) is 18.7 Å². The van der Waals surface area contributed by atoms with Crippen molar-refractivity contribution in [2.45, 2.75) is 38.7 Å². The zero-order valence-corrected chi connectivity index (χ0v) is 11.5. The Labute approximate surface area is 114 Å². The highest BCUT2D eigenvalue weighted by Gasteiger charge is 2.08. The summed E-state index contributed by atoms with van der Waals surface area (Å²) in [7, 11) is 0. The number of hydrogen-bond acceptors (Lipinski definition) is 4. The predicted molar refractivity (Wildman–Crippen MR) is 76.0 cm³/mol. The first-order valence-electron chi connectivity index (χ1n) is 6.85. The van der Waals surface area contributed by atoms with Crippen molar-refractivity contribution in [3.8, 4) is 0 Å². The molecule has 0 spiro atoms. The molecule has 0 radical (unpaired) electrons. The van der Waals surface area contributed by atoms with Gasteiger partial charge in [0.05, 0.1) is 0 Å². The Bertz CT molecular complexity index is 354. The van der Waals surface area contributed by atoms with Crippen molar-refractivity contribution in [3.63, 3.8) is 0 Å². The van der Waals surface area contributed by atoms with E-state index in [1.165, 1.54) is 0 Å². The molecule has 2 N–H and O–H groups in total. The predicted octanol–water partition coefficient (Wildman–Crippen LogP) is 2.58. The van der Waals surface area contributed by atoms with E-state index in [1.54, 1.807) is 0 Å². The lowest BCUT2D eigenvalue weighted by atomic mass is 10.2. The molecule has 0 aliphatic carbocycles. The van der Waals surface area contributed by atoms with E-state index < -0.39 is 6.10 Å². The number of carbonyl (C=O) groups is 1. The quantitative estimate of drug-likeness (QED) is 0.532. The van der Waals surface area contributed by atoms with E-state index in [0.29, 0.717) is 13.0 Å². The van der Waals surface area contributed by atoms with Crippen molar-refractivity contribution in [1.29, 1.82) is 0 Å². The maximum Gasteiger partial charge on any atom is 0.305 e. The van der Waals surface area contributed by atoms with Gasteiger partial charge in [-0.05, 0) is 18.6 Å². The molecule has 1 atom stereocenters. The van der Waals surface area contributed by atoms with Crippen LogP contribution in [0.25, 0.3) is 0 Å². The standard InChI is InChI=1S/C15H23NO3/c1-2-3-5-10-15(18)19-12-14(17)11-16-13-8-6-4-7-9-13/h4,6-9,14,16-17H,2-3,5,10-12H2,1H3. The molecule has 1 aromatic rings. The minimum Gasteiger partial charge on any atom is -0.463 e. The maximum absolute atomic E-state index is 11.3. The average Bonchev–Trinajstić information content (AvgIpc) is 2.44. The van der Waals surface area contributed by atoms with Gasteiger partial charge in [0.1, 0.15) is 12.7 Å². The summed E-state index contributed by atoms with van der Waals surface area (Å²) in [5, 5.41) is 12.8. The summed E-state index contributed by atoms with van der Waals surface area (Å²) in [5.41, 5.74) is 0.941. The first kappa shape index (κ1) is 15.5. The molecule has 0 bridgehead atoms. The van der Waals surface area contributed by atoms with Gasteiger partial charge in [-0.2, -0.15) is 0 Å². The fourth-order valence-corrected chi connectivity index (χ4v) is 1.63. The topological polar surface area (TPSA) is 58.6 Å². The highest BCUT2D eigenvalue weighted by Crippen LogP contribution is 2.05. The van der Waals surface area contributed by atoms with Gasteiger partial charge in [0.2, 0.25) is 0 Å². The van der Waals surface area contributed by atoms with Crippen molar-refractivity contribution in [3.05, 3.63) is 30.3 Å². The third kappa shape index (κ3) is 7.47. The molecule has 4 nitrogen and oxygen atoms in total. The number of rotatable bonds is 9. The normalized spacial score (nSPS) is 11.9. The molecule has 19 heavy (non-hydrogen) atoms. The molecule has 0 heterocycles. The molecular formula is C15H23NO3. The Hall–Kier alpha value is -1.55. The second-order valence-corrected chi connectivity index (χ2v) is 4.54. The number of carbonyl (C=O) groups excluding carboxylic acids is 1. The fraction of sp³-hybridized carbons (Fsp3) is 0.533. The summed E-state index contributed by atoms with van der Waals surface area (Å²) in [4.78, 5) is 11.3. The molecule has 0 aromatic heterocycles. The molecule has 4 heteroatoms. The molecular weight excluding hydrogens is 242 g/mol. The monoisotopic (exact) mass is 265 g/mol. The van der Waals surface area contributed by atoms with Crippen molar-refractivity contribution in [2.24, 2.45) is 0 Å². The molecule has 0 saturated carbocycles. The molecule has 0 amide bonds. The van der Waals surface area contributed by atoms with E-state index in [2.05, 4.69) is 12.2 Å². The number of hydrogen-bond donors (Lipinski definition) is 2. The van der Waals surface area contributed by atoms with Crippen LogP contribution in [0.2, 0.25) is 0 Å². The van der Waals surface area contributed by atoms with E-state index in [4.69, 9.17) is 4.74 Å². The molecule has 0 aliphatic heterocycles. The third-order valence-electron chi connectivity index (χ3n) is 2.74. The van der Waals surface area contributed by atoms with E-state index in [1.807, 2.05) is 30.3 Å². The number of esters is 1. The van der Waals surface area contributed by atoms with E-state index >= 15 is 0 Å². The van der Waals surface area contributed by atoms with Gasteiger partial charge in [0.25, 0.3) is 0 Å². The molecule has 1 aromatic carbocycles. The first-order chi connectivity index (χ1) is 9.22. The minimum absolute atomic E-state index is 0.0464. The van der Waals surface area contributed by atoms with Gasteiger partial charge in [-0.25, -0.2) is 0 Å². The molecule has 0 fully saturated rings. The minimum atomic E-state index is -0.685. The van der Waals surface area contributed by atoms with Crippen LogP contribution < -0.4 is 5.32 Å². The smallest absolute Gasteiger partial charge is 0.305 e. The van der Waals surface area contributed by atoms with Crippen molar-refractivity contribution in [1.82, 2.24) is 0 Å². The number of para-hydroxylation sites is 1. The number of aliphatic hydroxyl groups is 1. The maximum atomic E-state index is 11.3.